The van der Waals surface area contributed by atoms with Gasteiger partial charge < -0.3 is 5.11 Å². The second kappa shape index (κ2) is 8.01. The van der Waals surface area contributed by atoms with Crippen LogP contribution < -0.4 is 0 Å². The first-order valence-electron chi connectivity index (χ1n) is 8.47. The Balaban J connectivity index is 2.18. The van der Waals surface area contributed by atoms with Gasteiger partial charge in [0.25, 0.3) is 0 Å². The number of halogens is 3. The summed E-state index contributed by atoms with van der Waals surface area (Å²) in [6.45, 7) is 3.28. The average molecular weight is 343 g/mol. The molecule has 6 heteroatoms. The van der Waals surface area contributed by atoms with Gasteiger partial charge in [0.2, 0.25) is 0 Å². The third kappa shape index (κ3) is 4.72. The first-order valence-corrected chi connectivity index (χ1v) is 8.47. The van der Waals surface area contributed by atoms with Crippen molar-refractivity contribution >= 4 is 5.97 Å². The molecule has 1 aliphatic heterocycles. The van der Waals surface area contributed by atoms with Gasteiger partial charge in [0.15, 0.2) is 0 Å². The molecule has 1 aromatic rings. The van der Waals surface area contributed by atoms with Gasteiger partial charge in [-0.15, -0.1) is 0 Å². The van der Waals surface area contributed by atoms with Gasteiger partial charge in [-0.1, -0.05) is 31.9 Å². The highest BCUT2D eigenvalue weighted by molar-refractivity contribution is 5.70. The zero-order valence-electron chi connectivity index (χ0n) is 13.9. The molecule has 1 aromatic carbocycles. The molecule has 1 heterocycles. The highest BCUT2D eigenvalue weighted by Crippen LogP contribution is 2.35. The van der Waals surface area contributed by atoms with Crippen molar-refractivity contribution in [2.45, 2.75) is 51.2 Å². The first-order chi connectivity index (χ1) is 11.3. The number of rotatable bonds is 6. The molecule has 1 saturated heterocycles. The smallest absolute Gasteiger partial charge is 0.416 e. The first kappa shape index (κ1) is 18.8. The van der Waals surface area contributed by atoms with E-state index in [-0.39, 0.29) is 12.0 Å². The second-order valence-electron chi connectivity index (χ2n) is 6.43. The van der Waals surface area contributed by atoms with Gasteiger partial charge in [0.05, 0.1) is 11.5 Å². The summed E-state index contributed by atoms with van der Waals surface area (Å²) >= 11 is 0. The number of likely N-dealkylation sites (tertiary alicyclic amines) is 1. The molecule has 2 rings (SSSR count). The molecule has 0 bridgehead atoms. The molecule has 1 fully saturated rings. The molecule has 134 valence electrons. The molecule has 1 unspecified atom stereocenters. The highest BCUT2D eigenvalue weighted by Gasteiger charge is 2.33. The fourth-order valence-corrected chi connectivity index (χ4v) is 3.34. The monoisotopic (exact) mass is 343 g/mol. The maximum Gasteiger partial charge on any atom is 0.416 e. The van der Waals surface area contributed by atoms with E-state index in [0.717, 1.165) is 25.3 Å². The lowest BCUT2D eigenvalue weighted by atomic mass is 9.92. The van der Waals surface area contributed by atoms with Gasteiger partial charge in [0.1, 0.15) is 0 Å². The lowest BCUT2D eigenvalue weighted by molar-refractivity contribution is -0.143. The van der Waals surface area contributed by atoms with Crippen LogP contribution in [-0.2, 0) is 11.0 Å². The van der Waals surface area contributed by atoms with Gasteiger partial charge in [-0.3, -0.25) is 9.69 Å². The van der Waals surface area contributed by atoms with Gasteiger partial charge in [-0.05, 0) is 50.0 Å². The minimum Gasteiger partial charge on any atom is -0.481 e. The molecule has 0 radical (unpaired) electrons. The molecule has 24 heavy (non-hydrogen) atoms. The minimum absolute atomic E-state index is 0.0815. The quantitative estimate of drug-likeness (QED) is 0.811. The maximum absolute atomic E-state index is 13.0. The molecular weight excluding hydrogens is 319 g/mol. The third-order valence-corrected chi connectivity index (χ3v) is 4.75. The predicted molar refractivity (Wildman–Crippen MR) is 85.6 cm³/mol. The van der Waals surface area contributed by atoms with Crippen LogP contribution in [0.2, 0.25) is 0 Å². The number of alkyl halides is 3. The maximum atomic E-state index is 13.0. The number of carbonyl (C=O) groups is 1. The number of unbranched alkanes of at least 4 members (excludes halogenated alkanes) is 1. The van der Waals surface area contributed by atoms with Crippen molar-refractivity contribution in [1.29, 1.82) is 0 Å². The SMILES string of the molecule is CCCCC(c1cccc(C(F)(F)F)c1)N1CCC(C(=O)O)CC1. The van der Waals surface area contributed by atoms with Crippen molar-refractivity contribution in [3.8, 4) is 0 Å². The van der Waals surface area contributed by atoms with Crippen LogP contribution in [0.15, 0.2) is 24.3 Å². The Morgan fingerprint density at radius 2 is 2.00 bits per heavy atom. The van der Waals surface area contributed by atoms with Crippen molar-refractivity contribution in [2.75, 3.05) is 13.1 Å². The summed E-state index contributed by atoms with van der Waals surface area (Å²) < 4.78 is 39.0. The summed E-state index contributed by atoms with van der Waals surface area (Å²) in [5.41, 5.74) is 0.0500. The molecule has 0 aromatic heterocycles. The standard InChI is InChI=1S/C18H24F3NO2/c1-2-3-7-16(22-10-8-13(9-11-22)17(23)24)14-5-4-6-15(12-14)18(19,20)21/h4-6,12-13,16H,2-3,7-11H2,1H3,(H,23,24). The van der Waals surface area contributed by atoms with Crippen molar-refractivity contribution in [3.05, 3.63) is 35.4 Å². The molecule has 0 spiro atoms. The van der Waals surface area contributed by atoms with E-state index in [1.165, 1.54) is 12.1 Å². The van der Waals surface area contributed by atoms with E-state index >= 15 is 0 Å². The Labute approximate surface area is 140 Å². The molecular formula is C18H24F3NO2. The number of benzene rings is 1. The Kier molecular flexibility index (Phi) is 6.27. The molecule has 1 aliphatic rings. The fourth-order valence-electron chi connectivity index (χ4n) is 3.34. The van der Waals surface area contributed by atoms with Gasteiger partial charge in [-0.2, -0.15) is 13.2 Å². The van der Waals surface area contributed by atoms with E-state index in [2.05, 4.69) is 11.8 Å². The predicted octanol–water partition coefficient (Wildman–Crippen LogP) is 4.73. The molecule has 0 amide bonds. The fraction of sp³-hybridized carbons (Fsp3) is 0.611. The summed E-state index contributed by atoms with van der Waals surface area (Å²) in [6.07, 6.45) is -0.550. The Hall–Kier alpha value is -1.56. The number of piperidine rings is 1. The molecule has 1 atom stereocenters. The van der Waals surface area contributed by atoms with Crippen molar-refractivity contribution in [2.24, 2.45) is 5.92 Å². The van der Waals surface area contributed by atoms with Crippen LogP contribution in [0.4, 0.5) is 13.2 Å². The van der Waals surface area contributed by atoms with Gasteiger partial charge in [-0.25, -0.2) is 0 Å². The molecule has 1 N–H and O–H groups in total. The molecule has 0 saturated carbocycles. The Morgan fingerprint density at radius 3 is 2.54 bits per heavy atom. The van der Waals surface area contributed by atoms with Crippen LogP contribution >= 0.6 is 0 Å². The van der Waals surface area contributed by atoms with Crippen LogP contribution in [0.25, 0.3) is 0 Å². The van der Waals surface area contributed by atoms with E-state index in [1.807, 2.05) is 0 Å². The number of hydrogen-bond donors (Lipinski definition) is 1. The van der Waals surface area contributed by atoms with Gasteiger partial charge >= 0.3 is 12.1 Å². The minimum atomic E-state index is -4.35. The van der Waals surface area contributed by atoms with Crippen LogP contribution in [0.5, 0.6) is 0 Å². The van der Waals surface area contributed by atoms with E-state index in [1.54, 1.807) is 6.07 Å². The van der Waals surface area contributed by atoms with Crippen LogP contribution in [0, 0.1) is 5.92 Å². The lowest BCUT2D eigenvalue weighted by Crippen LogP contribution is -2.38. The van der Waals surface area contributed by atoms with E-state index in [9.17, 15) is 18.0 Å². The largest absolute Gasteiger partial charge is 0.481 e. The number of aliphatic carboxylic acids is 1. The number of nitrogens with zero attached hydrogens (tertiary/aromatic N) is 1. The summed E-state index contributed by atoms with van der Waals surface area (Å²) in [7, 11) is 0. The second-order valence-corrected chi connectivity index (χ2v) is 6.43. The van der Waals surface area contributed by atoms with E-state index < -0.39 is 17.7 Å². The van der Waals surface area contributed by atoms with Crippen LogP contribution in [0.3, 0.4) is 0 Å². The van der Waals surface area contributed by atoms with Crippen molar-refractivity contribution < 1.29 is 23.1 Å². The van der Waals surface area contributed by atoms with Crippen molar-refractivity contribution in [1.82, 2.24) is 4.90 Å². The number of carboxylic acid groups (broad SMARTS) is 1. The average Bonchev–Trinajstić information content (AvgIpc) is 2.55. The van der Waals surface area contributed by atoms with Crippen LogP contribution in [-0.4, -0.2) is 29.1 Å². The number of carboxylic acids is 1. The van der Waals surface area contributed by atoms with Crippen LogP contribution in [0.1, 0.15) is 56.2 Å². The Bertz CT molecular complexity index is 551. The summed E-state index contributed by atoms with van der Waals surface area (Å²) in [5.74, 6) is -1.12. The lowest BCUT2D eigenvalue weighted by Gasteiger charge is -2.37. The molecule has 3 nitrogen and oxygen atoms in total. The zero-order valence-corrected chi connectivity index (χ0v) is 13.9. The Morgan fingerprint density at radius 1 is 1.33 bits per heavy atom. The highest BCUT2D eigenvalue weighted by atomic mass is 19.4. The number of hydrogen-bond acceptors (Lipinski definition) is 2. The third-order valence-electron chi connectivity index (χ3n) is 4.75. The molecule has 0 aliphatic carbocycles. The van der Waals surface area contributed by atoms with E-state index in [4.69, 9.17) is 5.11 Å². The summed E-state index contributed by atoms with van der Waals surface area (Å²) in [5, 5.41) is 9.10. The van der Waals surface area contributed by atoms with Gasteiger partial charge in [0, 0.05) is 6.04 Å². The normalized spacial score (nSPS) is 18.5. The van der Waals surface area contributed by atoms with Crippen molar-refractivity contribution in [3.63, 3.8) is 0 Å². The zero-order chi connectivity index (χ0) is 17.7. The van der Waals surface area contributed by atoms with E-state index in [0.29, 0.717) is 31.5 Å². The topological polar surface area (TPSA) is 40.5 Å². The summed E-state index contributed by atoms with van der Waals surface area (Å²) in [6, 6.07) is 5.46. The summed E-state index contributed by atoms with van der Waals surface area (Å²) in [4.78, 5) is 13.2.